The van der Waals surface area contributed by atoms with E-state index in [1.807, 2.05) is 44.1 Å². The molecule has 0 spiro atoms. The van der Waals surface area contributed by atoms with E-state index < -0.39 is 0 Å². The average molecular weight is 289 g/mol. The zero-order valence-corrected chi connectivity index (χ0v) is 13.0. The van der Waals surface area contributed by atoms with E-state index in [4.69, 9.17) is 16.7 Å². The van der Waals surface area contributed by atoms with Gasteiger partial charge in [0.25, 0.3) is 0 Å². The van der Waals surface area contributed by atoms with Gasteiger partial charge in [0.05, 0.1) is 6.04 Å². The Hall–Kier alpha value is -1.88. The second-order valence-corrected chi connectivity index (χ2v) is 5.21. The molecule has 0 fully saturated rings. The predicted octanol–water partition coefficient (Wildman–Crippen LogP) is 3.15. The molecule has 106 valence electrons. The van der Waals surface area contributed by atoms with Gasteiger partial charge in [0, 0.05) is 25.7 Å². The molecule has 0 saturated heterocycles. The fraction of sp³-hybridized carbons (Fsp3) is 0.333. The Kier molecular flexibility index (Phi) is 4.39. The van der Waals surface area contributed by atoms with Crippen LogP contribution in [0.2, 0.25) is 0 Å². The van der Waals surface area contributed by atoms with Crippen LogP contribution in [-0.4, -0.2) is 29.3 Å². The average Bonchev–Trinajstić information content (AvgIpc) is 2.94. The molecule has 1 N–H and O–H groups in total. The molecule has 1 atom stereocenters. The van der Waals surface area contributed by atoms with Gasteiger partial charge < -0.3 is 14.7 Å². The minimum atomic E-state index is 0.0530. The van der Waals surface area contributed by atoms with Crippen LogP contribution in [-0.2, 0) is 0 Å². The molecule has 1 aromatic carbocycles. The SMILES string of the molecule is CNC(=S)N(C)[C@@H](C)c1cc(-c2cccc(C)c2)on1. The summed E-state index contributed by atoms with van der Waals surface area (Å²) in [5.41, 5.74) is 3.10. The predicted molar refractivity (Wildman–Crippen MR) is 84.5 cm³/mol. The summed E-state index contributed by atoms with van der Waals surface area (Å²) >= 11 is 5.23. The lowest BCUT2D eigenvalue weighted by Crippen LogP contribution is -2.36. The summed E-state index contributed by atoms with van der Waals surface area (Å²) in [5, 5.41) is 7.79. The zero-order valence-electron chi connectivity index (χ0n) is 12.2. The molecular formula is C15H19N3OS. The molecule has 5 heteroatoms. The van der Waals surface area contributed by atoms with Crippen LogP contribution in [0.15, 0.2) is 34.9 Å². The summed E-state index contributed by atoms with van der Waals surface area (Å²) in [6, 6.07) is 10.2. The van der Waals surface area contributed by atoms with E-state index in [0.717, 1.165) is 17.0 Å². The van der Waals surface area contributed by atoms with E-state index in [-0.39, 0.29) is 6.04 Å². The first-order valence-electron chi connectivity index (χ1n) is 6.51. The Morgan fingerprint density at radius 2 is 2.15 bits per heavy atom. The summed E-state index contributed by atoms with van der Waals surface area (Å²) in [5.74, 6) is 0.777. The van der Waals surface area contributed by atoms with Crippen molar-refractivity contribution < 1.29 is 4.52 Å². The van der Waals surface area contributed by atoms with Gasteiger partial charge in [-0.2, -0.15) is 0 Å². The largest absolute Gasteiger partial charge is 0.366 e. The van der Waals surface area contributed by atoms with Crippen molar-refractivity contribution in [1.29, 1.82) is 0 Å². The molecular weight excluding hydrogens is 270 g/mol. The highest BCUT2D eigenvalue weighted by Gasteiger charge is 2.18. The second-order valence-electron chi connectivity index (χ2n) is 4.83. The van der Waals surface area contributed by atoms with Crippen molar-refractivity contribution in [2.45, 2.75) is 19.9 Å². The van der Waals surface area contributed by atoms with E-state index in [1.54, 1.807) is 0 Å². The number of thiocarbonyl (C=S) groups is 1. The van der Waals surface area contributed by atoms with Crippen LogP contribution in [0.1, 0.15) is 24.2 Å². The molecule has 0 bridgehead atoms. The maximum atomic E-state index is 5.45. The summed E-state index contributed by atoms with van der Waals surface area (Å²) in [7, 11) is 3.75. The number of aromatic nitrogens is 1. The van der Waals surface area contributed by atoms with E-state index in [1.165, 1.54) is 5.56 Å². The molecule has 4 nitrogen and oxygen atoms in total. The minimum Gasteiger partial charge on any atom is -0.366 e. The van der Waals surface area contributed by atoms with Crippen molar-refractivity contribution in [3.63, 3.8) is 0 Å². The summed E-state index contributed by atoms with van der Waals surface area (Å²) in [4.78, 5) is 1.95. The minimum absolute atomic E-state index is 0.0530. The summed E-state index contributed by atoms with van der Waals surface area (Å²) in [6.45, 7) is 4.10. The molecule has 0 radical (unpaired) electrons. The van der Waals surface area contributed by atoms with Crippen LogP contribution in [0, 0.1) is 6.92 Å². The highest BCUT2D eigenvalue weighted by atomic mass is 32.1. The second kappa shape index (κ2) is 6.05. The lowest BCUT2D eigenvalue weighted by molar-refractivity contribution is 0.357. The highest BCUT2D eigenvalue weighted by Crippen LogP contribution is 2.25. The molecule has 0 aliphatic rings. The Morgan fingerprint density at radius 3 is 2.80 bits per heavy atom. The monoisotopic (exact) mass is 289 g/mol. The van der Waals surface area contributed by atoms with E-state index in [2.05, 4.69) is 29.5 Å². The molecule has 0 unspecified atom stereocenters. The maximum absolute atomic E-state index is 5.45. The van der Waals surface area contributed by atoms with Crippen LogP contribution in [0.4, 0.5) is 0 Å². The topological polar surface area (TPSA) is 41.3 Å². The maximum Gasteiger partial charge on any atom is 0.168 e. The van der Waals surface area contributed by atoms with Crippen molar-refractivity contribution in [1.82, 2.24) is 15.4 Å². The lowest BCUT2D eigenvalue weighted by atomic mass is 10.1. The summed E-state index contributed by atoms with van der Waals surface area (Å²) < 4.78 is 5.45. The van der Waals surface area contributed by atoms with Gasteiger partial charge in [0.1, 0.15) is 5.69 Å². The van der Waals surface area contributed by atoms with E-state index >= 15 is 0 Å². The molecule has 2 rings (SSSR count). The van der Waals surface area contributed by atoms with Gasteiger partial charge >= 0.3 is 0 Å². The molecule has 0 aliphatic heterocycles. The molecule has 0 aliphatic carbocycles. The Balaban J connectivity index is 2.23. The van der Waals surface area contributed by atoms with Crippen LogP contribution in [0.5, 0.6) is 0 Å². The first-order chi connectivity index (χ1) is 9.52. The number of nitrogens with one attached hydrogen (secondary N) is 1. The Labute approximate surface area is 124 Å². The number of benzene rings is 1. The normalized spacial score (nSPS) is 12.0. The third-order valence-corrected chi connectivity index (χ3v) is 3.87. The van der Waals surface area contributed by atoms with Gasteiger partial charge in [-0.05, 0) is 32.1 Å². The third kappa shape index (κ3) is 2.99. The number of rotatable bonds is 3. The number of aryl methyl sites for hydroxylation is 1. The van der Waals surface area contributed by atoms with Crippen LogP contribution >= 0.6 is 12.2 Å². The number of hydrogen-bond acceptors (Lipinski definition) is 3. The van der Waals surface area contributed by atoms with Crippen LogP contribution < -0.4 is 5.32 Å². The van der Waals surface area contributed by atoms with Crippen molar-refractivity contribution >= 4 is 17.3 Å². The van der Waals surface area contributed by atoms with Gasteiger partial charge in [-0.3, -0.25) is 0 Å². The van der Waals surface area contributed by atoms with Crippen molar-refractivity contribution in [2.75, 3.05) is 14.1 Å². The Morgan fingerprint density at radius 1 is 1.40 bits per heavy atom. The van der Waals surface area contributed by atoms with Crippen molar-refractivity contribution in [3.05, 3.63) is 41.6 Å². The molecule has 2 aromatic rings. The van der Waals surface area contributed by atoms with Crippen LogP contribution in [0.25, 0.3) is 11.3 Å². The quantitative estimate of drug-likeness (QED) is 0.879. The fourth-order valence-corrected chi connectivity index (χ4v) is 2.13. The van der Waals surface area contributed by atoms with Gasteiger partial charge in [-0.25, -0.2) is 0 Å². The molecule has 1 heterocycles. The summed E-state index contributed by atoms with van der Waals surface area (Å²) in [6.07, 6.45) is 0. The highest BCUT2D eigenvalue weighted by molar-refractivity contribution is 7.80. The molecule has 20 heavy (non-hydrogen) atoms. The van der Waals surface area contributed by atoms with Crippen molar-refractivity contribution in [3.8, 4) is 11.3 Å². The Bertz CT molecular complexity index is 609. The van der Waals surface area contributed by atoms with Gasteiger partial charge in [0.15, 0.2) is 10.9 Å². The fourth-order valence-electron chi connectivity index (χ4n) is 1.97. The lowest BCUT2D eigenvalue weighted by Gasteiger charge is -2.24. The standard InChI is InChI=1S/C15H19N3OS/c1-10-6-5-7-12(8-10)14-9-13(17-19-14)11(2)18(4)15(20)16-3/h5-9,11H,1-4H3,(H,16,20)/t11-/m0/s1. The van der Waals surface area contributed by atoms with Crippen LogP contribution in [0.3, 0.4) is 0 Å². The smallest absolute Gasteiger partial charge is 0.168 e. The molecule has 0 saturated carbocycles. The molecule has 1 aromatic heterocycles. The zero-order chi connectivity index (χ0) is 14.7. The first kappa shape index (κ1) is 14.5. The van der Waals surface area contributed by atoms with E-state index in [9.17, 15) is 0 Å². The molecule has 0 amide bonds. The van der Waals surface area contributed by atoms with Gasteiger partial charge in [-0.1, -0.05) is 28.9 Å². The van der Waals surface area contributed by atoms with Gasteiger partial charge in [-0.15, -0.1) is 0 Å². The van der Waals surface area contributed by atoms with Crippen molar-refractivity contribution in [2.24, 2.45) is 0 Å². The third-order valence-electron chi connectivity index (χ3n) is 3.37. The van der Waals surface area contributed by atoms with Gasteiger partial charge in [0.2, 0.25) is 0 Å². The first-order valence-corrected chi connectivity index (χ1v) is 6.92. The number of nitrogens with zero attached hydrogens (tertiary/aromatic N) is 2. The number of hydrogen-bond donors (Lipinski definition) is 1. The van der Waals surface area contributed by atoms with E-state index in [0.29, 0.717) is 5.11 Å².